The molecule has 0 spiro atoms. The van der Waals surface area contributed by atoms with Crippen LogP contribution in [-0.2, 0) is 0 Å². The molecule has 0 fully saturated rings. The Morgan fingerprint density at radius 1 is 1.55 bits per heavy atom. The fourth-order valence-corrected chi connectivity index (χ4v) is 1.30. The number of hydrogen-bond donors (Lipinski definition) is 0. The first kappa shape index (κ1) is 8.40. The molecule has 1 nitrogen and oxygen atoms in total. The van der Waals surface area contributed by atoms with Crippen molar-refractivity contribution in [1.82, 2.24) is 0 Å². The predicted molar refractivity (Wildman–Crippen MR) is 44.2 cm³/mol. The fourth-order valence-electron chi connectivity index (χ4n) is 0.752. The molecule has 11 heavy (non-hydrogen) atoms. The van der Waals surface area contributed by atoms with Crippen molar-refractivity contribution in [2.45, 2.75) is 6.92 Å². The summed E-state index contributed by atoms with van der Waals surface area (Å²) in [5, 5.41) is 0. The topological polar surface area (TPSA) is 17.1 Å². The molecule has 0 saturated carbocycles. The van der Waals surface area contributed by atoms with Crippen LogP contribution >= 0.6 is 15.9 Å². The molecule has 1 rings (SSSR count). The van der Waals surface area contributed by atoms with Gasteiger partial charge in [0.2, 0.25) is 0 Å². The lowest BCUT2D eigenvalue weighted by atomic mass is 10.1. The van der Waals surface area contributed by atoms with Gasteiger partial charge in [0.15, 0.2) is 6.29 Å². The van der Waals surface area contributed by atoms with Crippen molar-refractivity contribution in [3.05, 3.63) is 33.5 Å². The molecule has 0 aromatic heterocycles. The number of carbonyl (C=O) groups excluding carboxylic acids is 1. The monoisotopic (exact) mass is 216 g/mol. The Morgan fingerprint density at radius 2 is 2.18 bits per heavy atom. The highest BCUT2D eigenvalue weighted by molar-refractivity contribution is 9.10. The third-order valence-electron chi connectivity index (χ3n) is 1.40. The van der Waals surface area contributed by atoms with Crippen molar-refractivity contribution >= 4 is 22.2 Å². The predicted octanol–water partition coefficient (Wildman–Crippen LogP) is 2.71. The van der Waals surface area contributed by atoms with Gasteiger partial charge in [-0.3, -0.25) is 4.79 Å². The van der Waals surface area contributed by atoms with Crippen molar-refractivity contribution < 1.29 is 9.18 Å². The molecule has 0 aliphatic heterocycles. The third kappa shape index (κ3) is 1.66. The van der Waals surface area contributed by atoms with Crippen LogP contribution in [0.1, 0.15) is 15.9 Å². The van der Waals surface area contributed by atoms with E-state index in [9.17, 15) is 9.18 Å². The van der Waals surface area contributed by atoms with Crippen molar-refractivity contribution in [2.24, 2.45) is 0 Å². The maximum atomic E-state index is 12.8. The number of aryl methyl sites for hydroxylation is 1. The molecule has 0 bridgehead atoms. The molecular formula is C8H6BrFO. The number of aldehydes is 1. The summed E-state index contributed by atoms with van der Waals surface area (Å²) in [6, 6.07) is 2.80. The molecule has 3 heteroatoms. The van der Waals surface area contributed by atoms with E-state index in [2.05, 4.69) is 15.9 Å². The van der Waals surface area contributed by atoms with Gasteiger partial charge in [-0.05, 0) is 24.6 Å². The van der Waals surface area contributed by atoms with E-state index in [4.69, 9.17) is 0 Å². The Hall–Kier alpha value is -0.700. The summed E-state index contributed by atoms with van der Waals surface area (Å²) in [4.78, 5) is 10.3. The van der Waals surface area contributed by atoms with Crippen LogP contribution in [0.2, 0.25) is 0 Å². The first-order valence-corrected chi connectivity index (χ1v) is 3.85. The lowest BCUT2D eigenvalue weighted by Gasteiger charge is -1.99. The van der Waals surface area contributed by atoms with Gasteiger partial charge in [-0.15, -0.1) is 0 Å². The quantitative estimate of drug-likeness (QED) is 0.661. The van der Waals surface area contributed by atoms with E-state index in [0.717, 1.165) is 0 Å². The first-order valence-electron chi connectivity index (χ1n) is 3.06. The molecule has 1 aromatic carbocycles. The van der Waals surface area contributed by atoms with Gasteiger partial charge >= 0.3 is 0 Å². The molecule has 0 unspecified atom stereocenters. The molecule has 0 aliphatic carbocycles. The normalized spacial score (nSPS) is 9.73. The SMILES string of the molecule is Cc1cc(Br)c(C=O)cc1F. The number of halogens is 2. The van der Waals surface area contributed by atoms with E-state index in [1.54, 1.807) is 13.0 Å². The summed E-state index contributed by atoms with van der Waals surface area (Å²) >= 11 is 3.14. The van der Waals surface area contributed by atoms with Gasteiger partial charge in [0.05, 0.1) is 0 Å². The minimum absolute atomic E-state index is 0.341. The van der Waals surface area contributed by atoms with Crippen LogP contribution < -0.4 is 0 Å². The highest BCUT2D eigenvalue weighted by Crippen LogP contribution is 2.19. The highest BCUT2D eigenvalue weighted by Gasteiger charge is 2.03. The second-order valence-electron chi connectivity index (χ2n) is 2.24. The smallest absolute Gasteiger partial charge is 0.151 e. The molecule has 0 N–H and O–H groups in total. The van der Waals surface area contributed by atoms with Crippen molar-refractivity contribution in [2.75, 3.05) is 0 Å². The summed E-state index contributed by atoms with van der Waals surface area (Å²) in [7, 11) is 0. The van der Waals surface area contributed by atoms with Gasteiger partial charge in [-0.1, -0.05) is 15.9 Å². The maximum Gasteiger partial charge on any atom is 0.151 e. The van der Waals surface area contributed by atoms with Gasteiger partial charge < -0.3 is 0 Å². The Kier molecular flexibility index (Phi) is 2.39. The Balaban J connectivity index is 3.31. The average Bonchev–Trinajstić information content (AvgIpc) is 1.97. The van der Waals surface area contributed by atoms with E-state index in [1.165, 1.54) is 6.07 Å². The van der Waals surface area contributed by atoms with E-state index in [-0.39, 0.29) is 5.82 Å². The number of hydrogen-bond acceptors (Lipinski definition) is 1. The molecule has 0 radical (unpaired) electrons. The lowest BCUT2D eigenvalue weighted by molar-refractivity contribution is 0.112. The second-order valence-corrected chi connectivity index (χ2v) is 3.10. The minimum Gasteiger partial charge on any atom is -0.298 e. The van der Waals surface area contributed by atoms with Gasteiger partial charge in [0, 0.05) is 10.0 Å². The molecule has 0 amide bonds. The second kappa shape index (κ2) is 3.13. The zero-order valence-corrected chi connectivity index (χ0v) is 7.48. The Morgan fingerprint density at radius 3 is 2.73 bits per heavy atom. The van der Waals surface area contributed by atoms with Crippen molar-refractivity contribution in [1.29, 1.82) is 0 Å². The molecule has 0 saturated heterocycles. The Labute approximate surface area is 72.4 Å². The van der Waals surface area contributed by atoms with E-state index < -0.39 is 0 Å². The summed E-state index contributed by atoms with van der Waals surface area (Å²) < 4.78 is 13.4. The summed E-state index contributed by atoms with van der Waals surface area (Å²) in [5.74, 6) is -0.352. The molecule has 0 aliphatic rings. The zero-order valence-electron chi connectivity index (χ0n) is 5.90. The molecule has 1 aromatic rings. The van der Waals surface area contributed by atoms with Crippen LogP contribution in [-0.4, -0.2) is 6.29 Å². The van der Waals surface area contributed by atoms with Crippen LogP contribution in [0.4, 0.5) is 4.39 Å². The summed E-state index contributed by atoms with van der Waals surface area (Å²) in [6.45, 7) is 1.65. The van der Waals surface area contributed by atoms with Crippen LogP contribution in [0, 0.1) is 12.7 Å². The number of benzene rings is 1. The molecule has 0 heterocycles. The van der Waals surface area contributed by atoms with E-state index in [0.29, 0.717) is 21.9 Å². The maximum absolute atomic E-state index is 12.8. The molecular weight excluding hydrogens is 211 g/mol. The standard InChI is InChI=1S/C8H6BrFO/c1-5-2-7(9)6(4-11)3-8(5)10/h2-4H,1H3. The van der Waals surface area contributed by atoms with Gasteiger partial charge in [0.25, 0.3) is 0 Å². The van der Waals surface area contributed by atoms with Crippen LogP contribution in [0.5, 0.6) is 0 Å². The van der Waals surface area contributed by atoms with Crippen LogP contribution in [0.15, 0.2) is 16.6 Å². The van der Waals surface area contributed by atoms with E-state index in [1.807, 2.05) is 0 Å². The van der Waals surface area contributed by atoms with E-state index >= 15 is 0 Å². The molecule has 58 valence electrons. The van der Waals surface area contributed by atoms with Crippen LogP contribution in [0.3, 0.4) is 0 Å². The van der Waals surface area contributed by atoms with Gasteiger partial charge in [-0.25, -0.2) is 4.39 Å². The van der Waals surface area contributed by atoms with Gasteiger partial charge in [0.1, 0.15) is 5.82 Å². The first-order chi connectivity index (χ1) is 5.15. The number of carbonyl (C=O) groups is 1. The third-order valence-corrected chi connectivity index (χ3v) is 2.09. The summed E-state index contributed by atoms with van der Waals surface area (Å²) in [6.07, 6.45) is 0.618. The number of rotatable bonds is 1. The lowest BCUT2D eigenvalue weighted by Crippen LogP contribution is -1.88. The van der Waals surface area contributed by atoms with Gasteiger partial charge in [-0.2, -0.15) is 0 Å². The highest BCUT2D eigenvalue weighted by atomic mass is 79.9. The Bertz CT molecular complexity index is 296. The largest absolute Gasteiger partial charge is 0.298 e. The minimum atomic E-state index is -0.352. The summed E-state index contributed by atoms with van der Waals surface area (Å²) in [5.41, 5.74) is 0.871. The zero-order chi connectivity index (χ0) is 8.43. The fraction of sp³-hybridized carbons (Fsp3) is 0.125. The molecule has 0 atom stereocenters. The van der Waals surface area contributed by atoms with Crippen molar-refractivity contribution in [3.63, 3.8) is 0 Å². The average molecular weight is 217 g/mol. The van der Waals surface area contributed by atoms with Crippen molar-refractivity contribution in [3.8, 4) is 0 Å². The van der Waals surface area contributed by atoms with Crippen LogP contribution in [0.25, 0.3) is 0 Å².